The van der Waals surface area contributed by atoms with Crippen molar-refractivity contribution in [2.45, 2.75) is 6.92 Å². The Balaban J connectivity index is 3.27. The Kier molecular flexibility index (Phi) is 2.90. The van der Waals surface area contributed by atoms with E-state index in [9.17, 15) is 4.79 Å². The average molecular weight is 179 g/mol. The van der Waals surface area contributed by atoms with Crippen molar-refractivity contribution in [3.05, 3.63) is 23.8 Å². The molecule has 0 radical (unpaired) electrons. The van der Waals surface area contributed by atoms with Crippen molar-refractivity contribution in [3.63, 3.8) is 0 Å². The maximum Gasteiger partial charge on any atom is 0.162 e. The van der Waals surface area contributed by atoms with Gasteiger partial charge in [0.05, 0.1) is 12.8 Å². The number of rotatable bonds is 3. The smallest absolute Gasteiger partial charge is 0.162 e. The lowest BCUT2D eigenvalue weighted by atomic mass is 10.1. The zero-order chi connectivity index (χ0) is 9.84. The monoisotopic (exact) mass is 179 g/mol. The highest BCUT2D eigenvalue weighted by Gasteiger charge is 2.09. The van der Waals surface area contributed by atoms with Gasteiger partial charge in [-0.3, -0.25) is 4.79 Å². The number of ether oxygens (including phenoxy) is 1. The molecule has 0 amide bonds. The van der Waals surface area contributed by atoms with Gasteiger partial charge in [0.2, 0.25) is 0 Å². The first-order valence-corrected chi connectivity index (χ1v) is 4.06. The van der Waals surface area contributed by atoms with E-state index >= 15 is 0 Å². The number of carbonyl (C=O) groups is 1. The Bertz CT molecular complexity index is 321. The molecule has 1 rings (SSSR count). The van der Waals surface area contributed by atoms with Crippen LogP contribution in [-0.2, 0) is 0 Å². The summed E-state index contributed by atoms with van der Waals surface area (Å²) in [5, 5.41) is 2.95. The molecule has 0 saturated heterocycles. The highest BCUT2D eigenvalue weighted by atomic mass is 16.5. The summed E-state index contributed by atoms with van der Waals surface area (Å²) in [5.41, 5.74) is 1.40. The van der Waals surface area contributed by atoms with Crippen molar-refractivity contribution < 1.29 is 9.53 Å². The number of benzene rings is 1. The number of anilines is 1. The Morgan fingerprint density at radius 2 is 2.15 bits per heavy atom. The third-order valence-corrected chi connectivity index (χ3v) is 1.88. The molecule has 0 spiro atoms. The van der Waals surface area contributed by atoms with Crippen molar-refractivity contribution in [2.75, 3.05) is 19.5 Å². The third-order valence-electron chi connectivity index (χ3n) is 1.88. The minimum absolute atomic E-state index is 0.0308. The Morgan fingerprint density at radius 3 is 2.62 bits per heavy atom. The van der Waals surface area contributed by atoms with Gasteiger partial charge in [0.25, 0.3) is 0 Å². The molecule has 0 fully saturated rings. The molecule has 3 nitrogen and oxygen atoms in total. The van der Waals surface area contributed by atoms with Crippen molar-refractivity contribution in [1.29, 1.82) is 0 Å². The summed E-state index contributed by atoms with van der Waals surface area (Å²) in [6.45, 7) is 1.54. The summed E-state index contributed by atoms with van der Waals surface area (Å²) >= 11 is 0. The van der Waals surface area contributed by atoms with Gasteiger partial charge >= 0.3 is 0 Å². The average Bonchev–Trinajstić information content (AvgIpc) is 2.16. The number of nitrogens with one attached hydrogen (secondary N) is 1. The molecule has 1 aromatic rings. The fourth-order valence-corrected chi connectivity index (χ4v) is 1.25. The summed E-state index contributed by atoms with van der Waals surface area (Å²) in [7, 11) is 3.35. The van der Waals surface area contributed by atoms with Crippen molar-refractivity contribution in [1.82, 2.24) is 0 Å². The molecule has 1 aromatic carbocycles. The molecule has 3 heteroatoms. The summed E-state index contributed by atoms with van der Waals surface area (Å²) < 4.78 is 5.11. The second kappa shape index (κ2) is 3.94. The van der Waals surface area contributed by atoms with Crippen LogP contribution in [0.3, 0.4) is 0 Å². The fraction of sp³-hybridized carbons (Fsp3) is 0.300. The van der Waals surface area contributed by atoms with Crippen LogP contribution in [0.1, 0.15) is 17.3 Å². The number of methoxy groups -OCH3 is 1. The summed E-state index contributed by atoms with van der Waals surface area (Å²) in [4.78, 5) is 11.2. The number of ketones is 1. The van der Waals surface area contributed by atoms with Crippen LogP contribution in [0.5, 0.6) is 5.75 Å². The van der Waals surface area contributed by atoms with E-state index in [-0.39, 0.29) is 5.78 Å². The van der Waals surface area contributed by atoms with Gasteiger partial charge in [-0.05, 0) is 19.1 Å². The molecule has 0 heterocycles. The lowest BCUT2D eigenvalue weighted by molar-refractivity contribution is 0.101. The predicted octanol–water partition coefficient (Wildman–Crippen LogP) is 1.94. The molecule has 0 aliphatic heterocycles. The molecule has 0 bridgehead atoms. The number of Topliss-reactive ketones (excluding diaryl/α,β-unsaturated/α-hetero) is 1. The van der Waals surface area contributed by atoms with E-state index in [4.69, 9.17) is 4.74 Å². The zero-order valence-electron chi connectivity index (χ0n) is 8.05. The van der Waals surface area contributed by atoms with E-state index in [0.717, 1.165) is 5.69 Å². The molecular formula is C10H13NO2. The second-order valence-corrected chi connectivity index (χ2v) is 2.69. The predicted molar refractivity (Wildman–Crippen MR) is 52.5 cm³/mol. The van der Waals surface area contributed by atoms with E-state index in [2.05, 4.69) is 5.32 Å². The summed E-state index contributed by atoms with van der Waals surface area (Å²) in [5.74, 6) is 0.721. The van der Waals surface area contributed by atoms with Crippen LogP contribution in [0.2, 0.25) is 0 Å². The van der Waals surface area contributed by atoms with Crippen LogP contribution < -0.4 is 10.1 Å². The molecule has 1 N–H and O–H groups in total. The van der Waals surface area contributed by atoms with Gasteiger partial charge in [-0.2, -0.15) is 0 Å². The zero-order valence-corrected chi connectivity index (χ0v) is 8.05. The Labute approximate surface area is 77.7 Å². The van der Waals surface area contributed by atoms with E-state index in [1.165, 1.54) is 6.92 Å². The van der Waals surface area contributed by atoms with Gasteiger partial charge in [-0.1, -0.05) is 6.07 Å². The van der Waals surface area contributed by atoms with Gasteiger partial charge in [0, 0.05) is 12.6 Å². The molecule has 0 unspecified atom stereocenters. The lowest BCUT2D eigenvalue weighted by Gasteiger charge is -2.10. The van der Waals surface area contributed by atoms with Gasteiger partial charge in [0.1, 0.15) is 5.75 Å². The molecule has 70 valence electrons. The second-order valence-electron chi connectivity index (χ2n) is 2.69. The maximum atomic E-state index is 11.2. The van der Waals surface area contributed by atoms with Gasteiger partial charge in [0.15, 0.2) is 5.78 Å². The Hall–Kier alpha value is -1.51. The SMILES string of the molecule is CNc1c(OC)cccc1C(C)=O. The molecule has 0 saturated carbocycles. The van der Waals surface area contributed by atoms with E-state index in [1.54, 1.807) is 26.3 Å². The summed E-state index contributed by atoms with van der Waals surface area (Å²) in [6, 6.07) is 5.39. The van der Waals surface area contributed by atoms with Gasteiger partial charge in [-0.15, -0.1) is 0 Å². The van der Waals surface area contributed by atoms with Crippen LogP contribution in [0.25, 0.3) is 0 Å². The normalized spacial score (nSPS) is 9.46. The minimum atomic E-state index is 0.0308. The van der Waals surface area contributed by atoms with Crippen LogP contribution >= 0.6 is 0 Å². The maximum absolute atomic E-state index is 11.2. The van der Waals surface area contributed by atoms with Crippen molar-refractivity contribution in [3.8, 4) is 5.75 Å². The first kappa shape index (κ1) is 9.58. The van der Waals surface area contributed by atoms with Gasteiger partial charge < -0.3 is 10.1 Å². The first-order chi connectivity index (χ1) is 6.20. The highest BCUT2D eigenvalue weighted by molar-refractivity contribution is 6.00. The van der Waals surface area contributed by atoms with E-state index in [0.29, 0.717) is 11.3 Å². The number of para-hydroxylation sites is 1. The highest BCUT2D eigenvalue weighted by Crippen LogP contribution is 2.27. The van der Waals surface area contributed by atoms with Crippen molar-refractivity contribution >= 4 is 11.5 Å². The molecular weight excluding hydrogens is 166 g/mol. The number of hydrogen-bond donors (Lipinski definition) is 1. The third kappa shape index (κ3) is 1.80. The molecule has 0 aromatic heterocycles. The summed E-state index contributed by atoms with van der Waals surface area (Å²) in [6.07, 6.45) is 0. The van der Waals surface area contributed by atoms with E-state index < -0.39 is 0 Å². The fourth-order valence-electron chi connectivity index (χ4n) is 1.25. The molecule has 0 aliphatic carbocycles. The van der Waals surface area contributed by atoms with Crippen LogP contribution in [-0.4, -0.2) is 19.9 Å². The van der Waals surface area contributed by atoms with Gasteiger partial charge in [-0.25, -0.2) is 0 Å². The topological polar surface area (TPSA) is 38.3 Å². The minimum Gasteiger partial charge on any atom is -0.495 e. The number of carbonyl (C=O) groups excluding carboxylic acids is 1. The molecule has 0 aliphatic rings. The standard InChI is InChI=1S/C10H13NO2/c1-7(12)8-5-4-6-9(13-3)10(8)11-2/h4-6,11H,1-3H3. The van der Waals surface area contributed by atoms with Crippen LogP contribution in [0.15, 0.2) is 18.2 Å². The quantitative estimate of drug-likeness (QED) is 0.720. The largest absolute Gasteiger partial charge is 0.495 e. The molecule has 13 heavy (non-hydrogen) atoms. The number of hydrogen-bond acceptors (Lipinski definition) is 3. The van der Waals surface area contributed by atoms with Crippen LogP contribution in [0.4, 0.5) is 5.69 Å². The Morgan fingerprint density at radius 1 is 1.46 bits per heavy atom. The van der Waals surface area contributed by atoms with E-state index in [1.807, 2.05) is 6.07 Å². The van der Waals surface area contributed by atoms with Crippen molar-refractivity contribution in [2.24, 2.45) is 0 Å². The molecule has 0 atom stereocenters. The first-order valence-electron chi connectivity index (χ1n) is 4.06. The lowest BCUT2D eigenvalue weighted by Crippen LogP contribution is -2.02. The van der Waals surface area contributed by atoms with Crippen LogP contribution in [0, 0.1) is 0 Å².